The largest absolute Gasteiger partial charge is 0.382 e. The van der Waals surface area contributed by atoms with E-state index in [1.807, 2.05) is 0 Å². The molecule has 0 radical (unpaired) electrons. The molecule has 1 aliphatic heterocycles. The molecule has 1 aromatic rings. The van der Waals surface area contributed by atoms with Crippen molar-refractivity contribution in [2.24, 2.45) is 0 Å². The maximum absolute atomic E-state index is 6.08. The Balaban J connectivity index is 1.89. The highest BCUT2D eigenvalue weighted by Gasteiger charge is 2.28. The van der Waals surface area contributed by atoms with E-state index in [4.69, 9.17) is 4.74 Å². The topological polar surface area (TPSA) is 21.3 Å². The van der Waals surface area contributed by atoms with Gasteiger partial charge < -0.3 is 10.1 Å². The Hall–Kier alpha value is -0.540. The highest BCUT2D eigenvalue weighted by molar-refractivity contribution is 9.10. The highest BCUT2D eigenvalue weighted by Crippen LogP contribution is 2.28. The van der Waals surface area contributed by atoms with Gasteiger partial charge in [0.05, 0.1) is 11.7 Å². The molecule has 1 heterocycles. The molecule has 0 aliphatic carbocycles. The van der Waals surface area contributed by atoms with Gasteiger partial charge in [0, 0.05) is 16.7 Å². The van der Waals surface area contributed by atoms with Gasteiger partial charge in [0.25, 0.3) is 0 Å². The molecule has 0 unspecified atom stereocenters. The zero-order valence-corrected chi connectivity index (χ0v) is 13.0. The molecule has 1 aliphatic rings. The van der Waals surface area contributed by atoms with Crippen molar-refractivity contribution in [3.05, 3.63) is 28.2 Å². The first kappa shape index (κ1) is 13.9. The molecule has 1 fully saturated rings. The Bertz CT molecular complexity index is 417. The van der Waals surface area contributed by atoms with E-state index in [9.17, 15) is 0 Å². The van der Waals surface area contributed by atoms with Crippen LogP contribution in [0.1, 0.15) is 38.7 Å². The lowest BCUT2D eigenvalue weighted by Crippen LogP contribution is -2.38. The van der Waals surface area contributed by atoms with E-state index in [-0.39, 0.29) is 5.60 Å². The fraction of sp³-hybridized carbons (Fsp3) is 0.600. The number of aryl methyl sites for hydroxylation is 1. The zero-order valence-electron chi connectivity index (χ0n) is 11.4. The van der Waals surface area contributed by atoms with Gasteiger partial charge in [-0.25, -0.2) is 0 Å². The summed E-state index contributed by atoms with van der Waals surface area (Å²) >= 11 is 3.52. The first-order valence-corrected chi connectivity index (χ1v) is 7.43. The Morgan fingerprint density at radius 2 is 2.22 bits per heavy atom. The molecule has 1 saturated heterocycles. The molecule has 1 N–H and O–H groups in total. The number of nitrogens with one attached hydrogen (secondary N) is 1. The van der Waals surface area contributed by atoms with Gasteiger partial charge in [-0.2, -0.15) is 0 Å². The van der Waals surface area contributed by atoms with Crippen LogP contribution in [0.5, 0.6) is 0 Å². The average Bonchev–Trinajstić information content (AvgIpc) is 2.29. The summed E-state index contributed by atoms with van der Waals surface area (Å²) in [6.07, 6.45) is 3.92. The van der Waals surface area contributed by atoms with E-state index in [0.29, 0.717) is 6.10 Å². The van der Waals surface area contributed by atoms with Crippen molar-refractivity contribution in [3.8, 4) is 0 Å². The zero-order chi connectivity index (χ0) is 13.2. The highest BCUT2D eigenvalue weighted by atomic mass is 79.9. The lowest BCUT2D eigenvalue weighted by atomic mass is 9.95. The van der Waals surface area contributed by atoms with Gasteiger partial charge in [0.15, 0.2) is 0 Å². The lowest BCUT2D eigenvalue weighted by molar-refractivity contribution is -0.1000. The minimum absolute atomic E-state index is 0.0419. The van der Waals surface area contributed by atoms with Crippen molar-refractivity contribution >= 4 is 21.6 Å². The number of anilines is 1. The van der Waals surface area contributed by atoms with Gasteiger partial charge in [-0.3, -0.25) is 0 Å². The van der Waals surface area contributed by atoms with Crippen LogP contribution in [0.25, 0.3) is 0 Å². The van der Waals surface area contributed by atoms with Crippen molar-refractivity contribution in [1.29, 1.82) is 0 Å². The van der Waals surface area contributed by atoms with E-state index in [1.165, 1.54) is 24.1 Å². The molecule has 1 atom stereocenters. The number of hydrogen-bond acceptors (Lipinski definition) is 2. The third-order valence-corrected chi connectivity index (χ3v) is 4.37. The third kappa shape index (κ3) is 3.72. The molecular formula is C15H22BrNO. The number of halogens is 1. The number of hydrogen-bond donors (Lipinski definition) is 1. The summed E-state index contributed by atoms with van der Waals surface area (Å²) in [5.74, 6) is 0. The van der Waals surface area contributed by atoms with Crippen molar-refractivity contribution in [1.82, 2.24) is 0 Å². The fourth-order valence-electron chi connectivity index (χ4n) is 2.45. The predicted octanol–water partition coefficient (Wildman–Crippen LogP) is 4.52. The molecule has 0 aromatic heterocycles. The Kier molecular flexibility index (Phi) is 4.33. The first-order chi connectivity index (χ1) is 8.46. The maximum Gasteiger partial charge on any atom is 0.0754 e. The molecule has 1 aromatic carbocycles. The minimum atomic E-state index is 0.0419. The van der Waals surface area contributed by atoms with E-state index in [1.54, 1.807) is 0 Å². The first-order valence-electron chi connectivity index (χ1n) is 6.64. The lowest BCUT2D eigenvalue weighted by Gasteiger charge is -2.36. The van der Waals surface area contributed by atoms with Crippen molar-refractivity contribution in [2.45, 2.75) is 51.7 Å². The van der Waals surface area contributed by atoms with Crippen molar-refractivity contribution in [3.63, 3.8) is 0 Å². The number of ether oxygens (including phenoxy) is 1. The molecule has 18 heavy (non-hydrogen) atoms. The van der Waals surface area contributed by atoms with Gasteiger partial charge in [-0.1, -0.05) is 15.9 Å². The number of rotatable bonds is 3. The SMILES string of the molecule is Cc1cc(NC[C@H]2CCCC(C)(C)O2)ccc1Br. The van der Waals surface area contributed by atoms with E-state index in [0.717, 1.165) is 17.4 Å². The van der Waals surface area contributed by atoms with Crippen LogP contribution in [-0.4, -0.2) is 18.2 Å². The van der Waals surface area contributed by atoms with E-state index in [2.05, 4.69) is 60.2 Å². The molecule has 0 spiro atoms. The van der Waals surface area contributed by atoms with Gasteiger partial charge in [-0.05, 0) is 63.8 Å². The summed E-state index contributed by atoms with van der Waals surface area (Å²) in [5, 5.41) is 3.47. The van der Waals surface area contributed by atoms with Crippen LogP contribution in [-0.2, 0) is 4.74 Å². The summed E-state index contributed by atoms with van der Waals surface area (Å²) in [5.41, 5.74) is 2.47. The quantitative estimate of drug-likeness (QED) is 0.886. The summed E-state index contributed by atoms with van der Waals surface area (Å²) in [6.45, 7) is 7.37. The second-order valence-electron chi connectivity index (χ2n) is 5.74. The van der Waals surface area contributed by atoms with Crippen molar-refractivity contribution in [2.75, 3.05) is 11.9 Å². The smallest absolute Gasteiger partial charge is 0.0754 e. The standard InChI is InChI=1S/C15H22BrNO/c1-11-9-12(6-7-14(11)16)17-10-13-5-4-8-15(2,3)18-13/h6-7,9,13,17H,4-5,8,10H2,1-3H3/t13-/m1/s1. The monoisotopic (exact) mass is 311 g/mol. The van der Waals surface area contributed by atoms with Crippen LogP contribution in [0.2, 0.25) is 0 Å². The summed E-state index contributed by atoms with van der Waals surface area (Å²) in [4.78, 5) is 0. The minimum Gasteiger partial charge on any atom is -0.382 e. The molecule has 0 bridgehead atoms. The second kappa shape index (κ2) is 5.62. The van der Waals surface area contributed by atoms with Crippen LogP contribution in [0.4, 0.5) is 5.69 Å². The van der Waals surface area contributed by atoms with Crippen molar-refractivity contribution < 1.29 is 4.74 Å². The molecule has 2 rings (SSSR count). The Labute approximate surface area is 118 Å². The molecule has 0 saturated carbocycles. The van der Waals surface area contributed by atoms with Gasteiger partial charge in [0.2, 0.25) is 0 Å². The van der Waals surface area contributed by atoms with E-state index >= 15 is 0 Å². The molecule has 2 nitrogen and oxygen atoms in total. The Morgan fingerprint density at radius 1 is 1.44 bits per heavy atom. The summed E-state index contributed by atoms with van der Waals surface area (Å²) in [7, 11) is 0. The summed E-state index contributed by atoms with van der Waals surface area (Å²) in [6, 6.07) is 6.35. The third-order valence-electron chi connectivity index (χ3n) is 3.48. The summed E-state index contributed by atoms with van der Waals surface area (Å²) < 4.78 is 7.23. The predicted molar refractivity (Wildman–Crippen MR) is 80.2 cm³/mol. The van der Waals surface area contributed by atoms with Gasteiger partial charge >= 0.3 is 0 Å². The Morgan fingerprint density at radius 3 is 2.89 bits per heavy atom. The van der Waals surface area contributed by atoms with Crippen LogP contribution in [0.3, 0.4) is 0 Å². The maximum atomic E-state index is 6.08. The van der Waals surface area contributed by atoms with Crippen LogP contribution in [0, 0.1) is 6.92 Å². The number of benzene rings is 1. The second-order valence-corrected chi connectivity index (χ2v) is 6.59. The molecule has 3 heteroatoms. The molecule has 100 valence electrons. The normalized spacial score (nSPS) is 22.8. The van der Waals surface area contributed by atoms with Crippen LogP contribution >= 0.6 is 15.9 Å². The van der Waals surface area contributed by atoms with Crippen LogP contribution in [0.15, 0.2) is 22.7 Å². The van der Waals surface area contributed by atoms with E-state index < -0.39 is 0 Å². The van der Waals surface area contributed by atoms with Gasteiger partial charge in [0.1, 0.15) is 0 Å². The fourth-order valence-corrected chi connectivity index (χ4v) is 2.70. The molecule has 0 amide bonds. The van der Waals surface area contributed by atoms with Crippen LogP contribution < -0.4 is 5.32 Å². The molecular weight excluding hydrogens is 290 g/mol. The van der Waals surface area contributed by atoms with Gasteiger partial charge in [-0.15, -0.1) is 0 Å². The average molecular weight is 312 g/mol.